The molecule has 0 saturated heterocycles. The normalized spacial score (nSPS) is 11.6. The van der Waals surface area contributed by atoms with Gasteiger partial charge in [0.25, 0.3) is 0 Å². The molecular formula is C7H4BrCl3. The fourth-order valence-electron chi connectivity index (χ4n) is 0.665. The smallest absolute Gasteiger partial charge is 0.0784 e. The molecule has 60 valence electrons. The van der Waals surface area contributed by atoms with Crippen LogP contribution in [-0.4, -0.2) is 0 Å². The van der Waals surface area contributed by atoms with Gasteiger partial charge in [0.15, 0.2) is 0 Å². The van der Waals surface area contributed by atoms with Crippen LogP contribution in [0.15, 0.2) is 28.7 Å². The predicted molar refractivity (Wildman–Crippen MR) is 53.4 cm³/mol. The van der Waals surface area contributed by atoms with Crippen LogP contribution in [-0.2, 0) is 3.79 Å². The van der Waals surface area contributed by atoms with Crippen molar-refractivity contribution in [3.63, 3.8) is 0 Å². The van der Waals surface area contributed by atoms with Crippen LogP contribution in [0.4, 0.5) is 0 Å². The van der Waals surface area contributed by atoms with Gasteiger partial charge in [0.1, 0.15) is 0 Å². The van der Waals surface area contributed by atoms with Gasteiger partial charge in [0.2, 0.25) is 3.79 Å². The van der Waals surface area contributed by atoms with E-state index >= 15 is 0 Å². The molecule has 0 atom stereocenters. The Morgan fingerprint density at radius 3 is 2.18 bits per heavy atom. The molecule has 0 unspecified atom stereocenters. The van der Waals surface area contributed by atoms with E-state index in [-0.39, 0.29) is 0 Å². The van der Waals surface area contributed by atoms with E-state index in [1.807, 2.05) is 12.1 Å². The monoisotopic (exact) mass is 272 g/mol. The summed E-state index contributed by atoms with van der Waals surface area (Å²) in [6.07, 6.45) is 0. The van der Waals surface area contributed by atoms with Crippen LogP contribution in [0.2, 0.25) is 0 Å². The third-order valence-electron chi connectivity index (χ3n) is 1.15. The molecule has 0 N–H and O–H groups in total. The van der Waals surface area contributed by atoms with Gasteiger partial charge in [-0.1, -0.05) is 62.9 Å². The van der Waals surface area contributed by atoms with Crippen LogP contribution in [0.25, 0.3) is 0 Å². The highest BCUT2D eigenvalue weighted by molar-refractivity contribution is 9.10. The number of hydrogen-bond donors (Lipinski definition) is 0. The summed E-state index contributed by atoms with van der Waals surface area (Å²) in [7, 11) is 0. The Morgan fingerprint density at radius 1 is 1.18 bits per heavy atom. The van der Waals surface area contributed by atoms with Crippen molar-refractivity contribution in [3.05, 3.63) is 34.3 Å². The maximum absolute atomic E-state index is 5.64. The molecule has 0 aliphatic rings. The number of rotatable bonds is 0. The summed E-state index contributed by atoms with van der Waals surface area (Å²) in [6.45, 7) is 0. The van der Waals surface area contributed by atoms with Crippen LogP contribution in [0.1, 0.15) is 5.56 Å². The average molecular weight is 274 g/mol. The minimum Gasteiger partial charge on any atom is -0.0784 e. The minimum atomic E-state index is -1.33. The lowest BCUT2D eigenvalue weighted by Gasteiger charge is -2.10. The standard InChI is InChI=1S/C7H4BrCl3/c8-6-3-1-2-5(4-6)7(9,10)11/h1-4H. The van der Waals surface area contributed by atoms with Gasteiger partial charge in [0.05, 0.1) is 0 Å². The molecule has 0 saturated carbocycles. The first-order chi connectivity index (χ1) is 5.00. The van der Waals surface area contributed by atoms with E-state index < -0.39 is 3.79 Å². The first kappa shape index (κ1) is 9.66. The van der Waals surface area contributed by atoms with Gasteiger partial charge in [-0.25, -0.2) is 0 Å². The molecular weight excluding hydrogens is 270 g/mol. The molecule has 0 bridgehead atoms. The maximum Gasteiger partial charge on any atom is 0.216 e. The van der Waals surface area contributed by atoms with E-state index in [1.54, 1.807) is 12.1 Å². The second kappa shape index (κ2) is 3.53. The quantitative estimate of drug-likeness (QED) is 0.620. The molecule has 0 heterocycles. The molecule has 0 aromatic heterocycles. The van der Waals surface area contributed by atoms with E-state index in [9.17, 15) is 0 Å². The van der Waals surface area contributed by atoms with Crippen molar-refractivity contribution >= 4 is 50.7 Å². The fourth-order valence-corrected chi connectivity index (χ4v) is 1.42. The summed E-state index contributed by atoms with van der Waals surface area (Å²) in [5.41, 5.74) is 0.664. The van der Waals surface area contributed by atoms with Crippen molar-refractivity contribution in [1.29, 1.82) is 0 Å². The van der Waals surface area contributed by atoms with E-state index in [4.69, 9.17) is 34.8 Å². The Kier molecular flexibility index (Phi) is 3.10. The number of hydrogen-bond acceptors (Lipinski definition) is 0. The Morgan fingerprint density at radius 2 is 1.82 bits per heavy atom. The lowest BCUT2D eigenvalue weighted by molar-refractivity contribution is 1.24. The van der Waals surface area contributed by atoms with E-state index in [0.29, 0.717) is 5.56 Å². The largest absolute Gasteiger partial charge is 0.216 e. The van der Waals surface area contributed by atoms with Crippen LogP contribution in [0.3, 0.4) is 0 Å². The maximum atomic E-state index is 5.64. The van der Waals surface area contributed by atoms with E-state index in [1.165, 1.54) is 0 Å². The van der Waals surface area contributed by atoms with Gasteiger partial charge in [0, 0.05) is 10.0 Å². The summed E-state index contributed by atoms with van der Waals surface area (Å²) < 4.78 is -0.426. The average Bonchev–Trinajstić information content (AvgIpc) is 1.86. The highest BCUT2D eigenvalue weighted by Crippen LogP contribution is 2.38. The van der Waals surface area contributed by atoms with Crippen LogP contribution < -0.4 is 0 Å². The van der Waals surface area contributed by atoms with Gasteiger partial charge >= 0.3 is 0 Å². The predicted octanol–water partition coefficient (Wildman–Crippen LogP) is 4.28. The molecule has 0 amide bonds. The zero-order valence-electron chi connectivity index (χ0n) is 5.32. The van der Waals surface area contributed by atoms with Crippen molar-refractivity contribution in [2.24, 2.45) is 0 Å². The molecule has 0 radical (unpaired) electrons. The van der Waals surface area contributed by atoms with E-state index in [0.717, 1.165) is 4.47 Å². The lowest BCUT2D eigenvalue weighted by Crippen LogP contribution is -1.98. The summed E-state index contributed by atoms with van der Waals surface area (Å²) in [5, 5.41) is 0. The fraction of sp³-hybridized carbons (Fsp3) is 0.143. The molecule has 0 fully saturated rings. The molecule has 0 nitrogen and oxygen atoms in total. The van der Waals surface area contributed by atoms with Crippen molar-refractivity contribution in [1.82, 2.24) is 0 Å². The minimum absolute atomic E-state index is 0.664. The van der Waals surface area contributed by atoms with Crippen LogP contribution >= 0.6 is 50.7 Å². The molecule has 1 aromatic rings. The zero-order chi connectivity index (χ0) is 8.48. The van der Waals surface area contributed by atoms with Gasteiger partial charge in [-0.05, 0) is 12.1 Å². The second-order valence-corrected chi connectivity index (χ2v) is 5.21. The summed E-state index contributed by atoms with van der Waals surface area (Å²) >= 11 is 20.2. The van der Waals surface area contributed by atoms with Crippen molar-refractivity contribution in [2.75, 3.05) is 0 Å². The molecule has 1 rings (SSSR count). The first-order valence-electron chi connectivity index (χ1n) is 2.83. The molecule has 4 heteroatoms. The Hall–Kier alpha value is 0.570. The van der Waals surface area contributed by atoms with Crippen LogP contribution in [0, 0.1) is 0 Å². The van der Waals surface area contributed by atoms with Gasteiger partial charge in [-0.15, -0.1) is 0 Å². The SMILES string of the molecule is ClC(Cl)(Cl)c1cccc(Br)c1. The number of alkyl halides is 3. The second-order valence-electron chi connectivity index (χ2n) is 2.01. The van der Waals surface area contributed by atoms with Gasteiger partial charge < -0.3 is 0 Å². The van der Waals surface area contributed by atoms with Crippen LogP contribution in [0.5, 0.6) is 0 Å². The topological polar surface area (TPSA) is 0 Å². The van der Waals surface area contributed by atoms with Crippen molar-refractivity contribution in [3.8, 4) is 0 Å². The molecule has 0 aliphatic heterocycles. The highest BCUT2D eigenvalue weighted by atomic mass is 79.9. The summed E-state index contributed by atoms with van der Waals surface area (Å²) in [5.74, 6) is 0. The van der Waals surface area contributed by atoms with Gasteiger partial charge in [-0.2, -0.15) is 0 Å². The molecule has 1 aromatic carbocycles. The Labute approximate surface area is 88.6 Å². The molecule has 0 spiro atoms. The van der Waals surface area contributed by atoms with E-state index in [2.05, 4.69) is 15.9 Å². The third kappa shape index (κ3) is 2.83. The lowest BCUT2D eigenvalue weighted by atomic mass is 10.2. The number of halogens is 4. The van der Waals surface area contributed by atoms with Crippen molar-refractivity contribution in [2.45, 2.75) is 3.79 Å². The molecule has 0 aliphatic carbocycles. The zero-order valence-corrected chi connectivity index (χ0v) is 9.18. The Bertz CT molecular complexity index is 254. The summed E-state index contributed by atoms with van der Waals surface area (Å²) in [6, 6.07) is 7.23. The number of benzene rings is 1. The van der Waals surface area contributed by atoms with Gasteiger partial charge in [-0.3, -0.25) is 0 Å². The third-order valence-corrected chi connectivity index (χ3v) is 2.30. The van der Waals surface area contributed by atoms with Crippen molar-refractivity contribution < 1.29 is 0 Å². The Balaban J connectivity index is 3.06. The first-order valence-corrected chi connectivity index (χ1v) is 4.75. The molecule has 11 heavy (non-hydrogen) atoms. The highest BCUT2D eigenvalue weighted by Gasteiger charge is 2.22. The summed E-state index contributed by atoms with van der Waals surface area (Å²) in [4.78, 5) is 0.